The topological polar surface area (TPSA) is 83.1 Å². The Morgan fingerprint density at radius 3 is 2.04 bits per heavy atom. The van der Waals surface area contributed by atoms with Crippen LogP contribution in [0.15, 0.2) is 48.8 Å². The highest BCUT2D eigenvalue weighted by Gasteiger charge is 2.10. The van der Waals surface area contributed by atoms with E-state index in [1.165, 1.54) is 0 Å². The van der Waals surface area contributed by atoms with E-state index in [-0.39, 0.29) is 18.0 Å². The molecule has 1 aromatic carbocycles. The smallest absolute Gasteiger partial charge is 0.319 e. The molecule has 2 rings (SSSR count). The summed E-state index contributed by atoms with van der Waals surface area (Å²) in [7, 11) is 0. The number of rotatable bonds is 6. The summed E-state index contributed by atoms with van der Waals surface area (Å²) in [6.45, 7) is 5.90. The Labute approximate surface area is 148 Å². The van der Waals surface area contributed by atoms with E-state index in [9.17, 15) is 9.59 Å². The molecule has 2 aromatic rings. The normalized spacial score (nSPS) is 11.7. The second-order valence-corrected chi connectivity index (χ2v) is 6.32. The summed E-state index contributed by atoms with van der Waals surface area (Å²) in [5, 5.41) is 8.48. The Morgan fingerprint density at radius 1 is 0.920 bits per heavy atom. The van der Waals surface area contributed by atoms with Crippen LogP contribution in [0.4, 0.5) is 16.2 Å². The van der Waals surface area contributed by atoms with Crippen molar-refractivity contribution in [3.63, 3.8) is 0 Å². The number of hydrogen-bond donors (Lipinski definition) is 3. The highest BCUT2D eigenvalue weighted by Crippen LogP contribution is 2.15. The molecule has 1 unspecified atom stereocenters. The van der Waals surface area contributed by atoms with Crippen molar-refractivity contribution in [2.45, 2.75) is 33.2 Å². The van der Waals surface area contributed by atoms with Gasteiger partial charge in [0.2, 0.25) is 5.91 Å². The van der Waals surface area contributed by atoms with Gasteiger partial charge in [0, 0.05) is 30.2 Å². The molecular formula is C19H24N4O2. The van der Waals surface area contributed by atoms with Crippen LogP contribution in [0.2, 0.25) is 0 Å². The quantitative estimate of drug-likeness (QED) is 0.744. The number of amides is 3. The first-order valence-corrected chi connectivity index (χ1v) is 8.31. The van der Waals surface area contributed by atoms with Crippen molar-refractivity contribution in [2.24, 2.45) is 5.92 Å². The van der Waals surface area contributed by atoms with Crippen LogP contribution in [0.5, 0.6) is 0 Å². The van der Waals surface area contributed by atoms with Crippen LogP contribution in [0.3, 0.4) is 0 Å². The second-order valence-electron chi connectivity index (χ2n) is 6.32. The van der Waals surface area contributed by atoms with Crippen molar-refractivity contribution < 1.29 is 9.59 Å². The van der Waals surface area contributed by atoms with Crippen molar-refractivity contribution in [2.75, 3.05) is 10.6 Å². The summed E-state index contributed by atoms with van der Waals surface area (Å²) in [5.74, 6) is 0.298. The van der Waals surface area contributed by atoms with Crippen molar-refractivity contribution >= 4 is 23.3 Å². The maximum absolute atomic E-state index is 12.1. The zero-order chi connectivity index (χ0) is 18.2. The molecule has 1 atom stereocenters. The first-order valence-electron chi connectivity index (χ1n) is 8.31. The number of nitrogens with zero attached hydrogens (tertiary/aromatic N) is 1. The molecule has 6 nitrogen and oxygen atoms in total. The maximum Gasteiger partial charge on any atom is 0.319 e. The Kier molecular flexibility index (Phi) is 6.51. The van der Waals surface area contributed by atoms with Crippen molar-refractivity contribution in [1.29, 1.82) is 0 Å². The summed E-state index contributed by atoms with van der Waals surface area (Å²) >= 11 is 0. The second kappa shape index (κ2) is 8.82. The largest absolute Gasteiger partial charge is 0.331 e. The highest BCUT2D eigenvalue weighted by atomic mass is 16.2. The van der Waals surface area contributed by atoms with E-state index in [2.05, 4.69) is 20.9 Å². The number of aromatic nitrogens is 1. The Morgan fingerprint density at radius 2 is 1.48 bits per heavy atom. The molecule has 6 heteroatoms. The van der Waals surface area contributed by atoms with Crippen LogP contribution in [-0.2, 0) is 4.79 Å². The average Bonchev–Trinajstić information content (AvgIpc) is 2.56. The number of carbonyl (C=O) groups is 2. The lowest BCUT2D eigenvalue weighted by Gasteiger charge is -2.15. The van der Waals surface area contributed by atoms with Crippen LogP contribution in [0, 0.1) is 5.92 Å². The molecule has 25 heavy (non-hydrogen) atoms. The van der Waals surface area contributed by atoms with E-state index in [0.717, 1.165) is 5.56 Å². The van der Waals surface area contributed by atoms with E-state index in [1.54, 1.807) is 36.7 Å². The fraction of sp³-hybridized carbons (Fsp3) is 0.316. The lowest BCUT2D eigenvalue weighted by molar-refractivity contribution is -0.116. The zero-order valence-corrected chi connectivity index (χ0v) is 14.7. The van der Waals surface area contributed by atoms with Crippen LogP contribution in [0.25, 0.3) is 0 Å². The van der Waals surface area contributed by atoms with Gasteiger partial charge in [-0.25, -0.2) is 4.79 Å². The standard InChI is InChI=1S/C19H24N4O2/c1-13(2)12-18(24)22-16-4-6-17(7-5-16)23-19(25)21-14(3)15-8-10-20-11-9-15/h4-11,13-14H,12H2,1-3H3,(H,22,24)(H2,21,23,25). The Balaban J connectivity index is 1.86. The third-order valence-corrected chi connectivity index (χ3v) is 3.57. The first-order chi connectivity index (χ1) is 11.9. The zero-order valence-electron chi connectivity index (χ0n) is 14.7. The molecule has 1 aromatic heterocycles. The average molecular weight is 340 g/mol. The van der Waals surface area contributed by atoms with Gasteiger partial charge in [-0.05, 0) is 54.8 Å². The molecule has 3 N–H and O–H groups in total. The molecule has 0 radical (unpaired) electrons. The van der Waals surface area contributed by atoms with E-state index < -0.39 is 0 Å². The van der Waals surface area contributed by atoms with E-state index in [0.29, 0.717) is 23.7 Å². The van der Waals surface area contributed by atoms with Gasteiger partial charge in [0.15, 0.2) is 0 Å². The minimum Gasteiger partial charge on any atom is -0.331 e. The van der Waals surface area contributed by atoms with Gasteiger partial charge in [-0.15, -0.1) is 0 Å². The van der Waals surface area contributed by atoms with Crippen LogP contribution in [-0.4, -0.2) is 16.9 Å². The van der Waals surface area contributed by atoms with Gasteiger partial charge >= 0.3 is 6.03 Å². The highest BCUT2D eigenvalue weighted by molar-refractivity contribution is 5.92. The molecule has 0 aliphatic carbocycles. The van der Waals surface area contributed by atoms with Gasteiger partial charge in [-0.3, -0.25) is 9.78 Å². The summed E-state index contributed by atoms with van der Waals surface area (Å²) in [5.41, 5.74) is 2.34. The summed E-state index contributed by atoms with van der Waals surface area (Å²) in [6.07, 6.45) is 3.87. The van der Waals surface area contributed by atoms with Crippen molar-refractivity contribution in [3.05, 3.63) is 54.4 Å². The number of urea groups is 1. The lowest BCUT2D eigenvalue weighted by Crippen LogP contribution is -2.31. The molecule has 3 amide bonds. The van der Waals surface area contributed by atoms with E-state index in [4.69, 9.17) is 0 Å². The number of carbonyl (C=O) groups excluding carboxylic acids is 2. The molecular weight excluding hydrogens is 316 g/mol. The number of hydrogen-bond acceptors (Lipinski definition) is 3. The molecule has 132 valence electrons. The Bertz CT molecular complexity index is 699. The molecule has 0 spiro atoms. The predicted molar refractivity (Wildman–Crippen MR) is 99.3 cm³/mol. The molecule has 0 bridgehead atoms. The minimum atomic E-state index is -0.291. The summed E-state index contributed by atoms with van der Waals surface area (Å²) in [6, 6.07) is 10.3. The van der Waals surface area contributed by atoms with Gasteiger partial charge < -0.3 is 16.0 Å². The monoisotopic (exact) mass is 340 g/mol. The predicted octanol–water partition coefficient (Wildman–Crippen LogP) is 3.95. The number of benzene rings is 1. The van der Waals surface area contributed by atoms with Crippen molar-refractivity contribution in [3.8, 4) is 0 Å². The molecule has 0 fully saturated rings. The minimum absolute atomic E-state index is 0.0142. The number of anilines is 2. The van der Waals surface area contributed by atoms with E-state index >= 15 is 0 Å². The third-order valence-electron chi connectivity index (χ3n) is 3.57. The first kappa shape index (κ1) is 18.4. The fourth-order valence-electron chi connectivity index (χ4n) is 2.32. The molecule has 0 saturated heterocycles. The van der Waals surface area contributed by atoms with Crippen LogP contribution < -0.4 is 16.0 Å². The summed E-state index contributed by atoms with van der Waals surface area (Å²) in [4.78, 5) is 27.8. The molecule has 0 aliphatic heterocycles. The third kappa shape index (κ3) is 6.25. The van der Waals surface area contributed by atoms with Gasteiger partial charge in [-0.1, -0.05) is 13.8 Å². The SMILES string of the molecule is CC(C)CC(=O)Nc1ccc(NC(=O)NC(C)c2ccncc2)cc1. The molecule has 1 heterocycles. The van der Waals surface area contributed by atoms with Crippen molar-refractivity contribution in [1.82, 2.24) is 10.3 Å². The van der Waals surface area contributed by atoms with Crippen LogP contribution in [0.1, 0.15) is 38.8 Å². The molecule has 0 aliphatic rings. The van der Waals surface area contributed by atoms with Gasteiger partial charge in [0.25, 0.3) is 0 Å². The lowest BCUT2D eigenvalue weighted by atomic mass is 10.1. The number of nitrogens with one attached hydrogen (secondary N) is 3. The van der Waals surface area contributed by atoms with Crippen LogP contribution >= 0.6 is 0 Å². The number of pyridine rings is 1. The van der Waals surface area contributed by atoms with Gasteiger partial charge in [-0.2, -0.15) is 0 Å². The summed E-state index contributed by atoms with van der Waals surface area (Å²) < 4.78 is 0. The maximum atomic E-state index is 12.1. The van der Waals surface area contributed by atoms with Gasteiger partial charge in [0.05, 0.1) is 6.04 Å². The van der Waals surface area contributed by atoms with Gasteiger partial charge in [0.1, 0.15) is 0 Å². The fourth-order valence-corrected chi connectivity index (χ4v) is 2.32. The molecule has 0 saturated carbocycles. The van der Waals surface area contributed by atoms with E-state index in [1.807, 2.05) is 32.9 Å². The Hall–Kier alpha value is -2.89.